The van der Waals surface area contributed by atoms with E-state index in [0.29, 0.717) is 12.6 Å². The molecule has 0 spiro atoms. The quantitative estimate of drug-likeness (QED) is 0.814. The summed E-state index contributed by atoms with van der Waals surface area (Å²) in [6.45, 7) is 11.4. The van der Waals surface area contributed by atoms with Gasteiger partial charge < -0.3 is 9.88 Å². The Morgan fingerprint density at radius 2 is 2.07 bits per heavy atom. The van der Waals surface area contributed by atoms with Crippen molar-refractivity contribution in [3.05, 3.63) is 54.1 Å². The molecular formula is C21H31N5O. The molecule has 0 bridgehead atoms. The number of hydrogen-bond donors (Lipinski definition) is 1. The Balaban J connectivity index is 1.47. The number of piperazine rings is 1. The van der Waals surface area contributed by atoms with Crippen LogP contribution in [0.4, 0.5) is 0 Å². The maximum absolute atomic E-state index is 12.4. The molecule has 0 saturated carbocycles. The van der Waals surface area contributed by atoms with Crippen LogP contribution in [0.5, 0.6) is 0 Å². The Labute approximate surface area is 162 Å². The Morgan fingerprint density at radius 3 is 2.78 bits per heavy atom. The summed E-state index contributed by atoms with van der Waals surface area (Å²) < 4.78 is 2.19. The van der Waals surface area contributed by atoms with Gasteiger partial charge in [-0.3, -0.25) is 14.6 Å². The topological polar surface area (TPSA) is 53.4 Å². The second-order valence-corrected chi connectivity index (χ2v) is 7.38. The molecule has 1 aromatic carbocycles. The SMILES string of the molecule is CCn1ccnc1CN1CCN(CC(=O)N[C@H](C)c2ccccc2)C[C@@H]1C. The van der Waals surface area contributed by atoms with Gasteiger partial charge in [0, 0.05) is 44.6 Å². The Kier molecular flexibility index (Phi) is 6.63. The summed E-state index contributed by atoms with van der Waals surface area (Å²) in [6, 6.07) is 10.5. The van der Waals surface area contributed by atoms with Crippen LogP contribution < -0.4 is 5.32 Å². The molecular weight excluding hydrogens is 338 g/mol. The van der Waals surface area contributed by atoms with Gasteiger partial charge >= 0.3 is 0 Å². The van der Waals surface area contributed by atoms with E-state index in [1.807, 2.05) is 49.6 Å². The fourth-order valence-electron chi connectivity index (χ4n) is 3.73. The Bertz CT molecular complexity index is 729. The predicted octanol–water partition coefficient (Wildman–Crippen LogP) is 2.29. The zero-order valence-electron chi connectivity index (χ0n) is 16.6. The lowest BCUT2D eigenvalue weighted by molar-refractivity contribution is -0.123. The standard InChI is InChI=1S/C21H31N5O/c1-4-25-11-10-22-20(25)15-26-13-12-24(14-17(26)2)16-21(27)23-18(3)19-8-6-5-7-9-19/h5-11,17-18H,4,12-16H2,1-3H3,(H,23,27)/t17-,18+/m0/s1. The molecule has 1 aliphatic rings. The van der Waals surface area contributed by atoms with Gasteiger partial charge in [0.1, 0.15) is 5.82 Å². The number of aromatic nitrogens is 2. The largest absolute Gasteiger partial charge is 0.348 e. The van der Waals surface area contributed by atoms with Gasteiger partial charge in [-0.1, -0.05) is 30.3 Å². The molecule has 6 heteroatoms. The van der Waals surface area contributed by atoms with E-state index in [4.69, 9.17) is 0 Å². The third-order valence-corrected chi connectivity index (χ3v) is 5.38. The average molecular weight is 370 g/mol. The number of carbonyl (C=O) groups excluding carboxylic acids is 1. The van der Waals surface area contributed by atoms with Crippen LogP contribution in [-0.2, 0) is 17.9 Å². The second-order valence-electron chi connectivity index (χ2n) is 7.38. The lowest BCUT2D eigenvalue weighted by Crippen LogP contribution is -2.53. The molecule has 2 atom stereocenters. The first-order chi connectivity index (χ1) is 13.1. The van der Waals surface area contributed by atoms with Gasteiger partial charge in [0.25, 0.3) is 0 Å². The third kappa shape index (κ3) is 5.17. The molecule has 0 unspecified atom stereocenters. The van der Waals surface area contributed by atoms with Crippen LogP contribution in [0.2, 0.25) is 0 Å². The smallest absolute Gasteiger partial charge is 0.234 e. The van der Waals surface area contributed by atoms with Crippen molar-refractivity contribution in [1.29, 1.82) is 0 Å². The number of hydrogen-bond acceptors (Lipinski definition) is 4. The Morgan fingerprint density at radius 1 is 1.30 bits per heavy atom. The van der Waals surface area contributed by atoms with Gasteiger partial charge in [-0.25, -0.2) is 4.98 Å². The van der Waals surface area contributed by atoms with Gasteiger partial charge in [0.15, 0.2) is 0 Å². The first-order valence-corrected chi connectivity index (χ1v) is 9.87. The van der Waals surface area contributed by atoms with Gasteiger partial charge in [0.05, 0.1) is 19.1 Å². The molecule has 27 heavy (non-hydrogen) atoms. The van der Waals surface area contributed by atoms with E-state index >= 15 is 0 Å². The zero-order chi connectivity index (χ0) is 19.2. The molecule has 0 aliphatic carbocycles. The molecule has 2 aromatic rings. The number of nitrogens with zero attached hydrogens (tertiary/aromatic N) is 4. The van der Waals surface area contributed by atoms with Crippen LogP contribution in [-0.4, -0.2) is 57.5 Å². The molecule has 146 valence electrons. The number of aryl methyl sites for hydroxylation is 1. The molecule has 6 nitrogen and oxygen atoms in total. The normalized spacial score (nSPS) is 19.7. The molecule has 1 aromatic heterocycles. The molecule has 1 N–H and O–H groups in total. The van der Waals surface area contributed by atoms with Crippen molar-refractivity contribution in [3.8, 4) is 0 Å². The van der Waals surface area contributed by atoms with Crippen molar-refractivity contribution in [2.24, 2.45) is 0 Å². The molecule has 1 fully saturated rings. The first-order valence-electron chi connectivity index (χ1n) is 9.87. The van der Waals surface area contributed by atoms with Crippen LogP contribution >= 0.6 is 0 Å². The summed E-state index contributed by atoms with van der Waals surface area (Å²) in [7, 11) is 0. The number of rotatable bonds is 7. The van der Waals surface area contributed by atoms with Crippen LogP contribution in [0.1, 0.15) is 38.2 Å². The fraction of sp³-hybridized carbons (Fsp3) is 0.524. The highest BCUT2D eigenvalue weighted by atomic mass is 16.2. The van der Waals surface area contributed by atoms with Crippen molar-refractivity contribution in [3.63, 3.8) is 0 Å². The van der Waals surface area contributed by atoms with Crippen molar-refractivity contribution >= 4 is 5.91 Å². The molecule has 1 aliphatic heterocycles. The summed E-state index contributed by atoms with van der Waals surface area (Å²) in [5.74, 6) is 1.21. The van der Waals surface area contributed by atoms with Crippen molar-refractivity contribution in [2.45, 2.75) is 45.9 Å². The highest BCUT2D eigenvalue weighted by molar-refractivity contribution is 5.78. The first kappa shape index (κ1) is 19.6. The van der Waals surface area contributed by atoms with Crippen LogP contribution in [0.15, 0.2) is 42.7 Å². The number of imidazole rings is 1. The van der Waals surface area contributed by atoms with E-state index in [9.17, 15) is 4.79 Å². The predicted molar refractivity (Wildman–Crippen MR) is 107 cm³/mol. The highest BCUT2D eigenvalue weighted by Crippen LogP contribution is 2.14. The number of carbonyl (C=O) groups is 1. The summed E-state index contributed by atoms with van der Waals surface area (Å²) >= 11 is 0. The molecule has 1 amide bonds. The molecule has 1 saturated heterocycles. The maximum Gasteiger partial charge on any atom is 0.234 e. The monoisotopic (exact) mass is 369 g/mol. The van der Waals surface area contributed by atoms with Gasteiger partial charge in [-0.15, -0.1) is 0 Å². The minimum atomic E-state index is 0.0327. The van der Waals surface area contributed by atoms with E-state index in [1.165, 1.54) is 0 Å². The van der Waals surface area contributed by atoms with E-state index in [1.54, 1.807) is 0 Å². The molecule has 2 heterocycles. The summed E-state index contributed by atoms with van der Waals surface area (Å²) in [5, 5.41) is 3.11. The molecule has 3 rings (SSSR count). The lowest BCUT2D eigenvalue weighted by Gasteiger charge is -2.39. The zero-order valence-corrected chi connectivity index (χ0v) is 16.6. The van der Waals surface area contributed by atoms with Crippen LogP contribution in [0.3, 0.4) is 0 Å². The van der Waals surface area contributed by atoms with Gasteiger partial charge in [-0.2, -0.15) is 0 Å². The lowest BCUT2D eigenvalue weighted by atomic mass is 10.1. The number of benzene rings is 1. The number of nitrogens with one attached hydrogen (secondary N) is 1. The summed E-state index contributed by atoms with van der Waals surface area (Å²) in [6.07, 6.45) is 3.91. The summed E-state index contributed by atoms with van der Waals surface area (Å²) in [4.78, 5) is 21.6. The third-order valence-electron chi connectivity index (χ3n) is 5.38. The Hall–Kier alpha value is -2.18. The van der Waals surface area contributed by atoms with Crippen molar-refractivity contribution < 1.29 is 4.79 Å². The summed E-state index contributed by atoms with van der Waals surface area (Å²) in [5.41, 5.74) is 1.13. The maximum atomic E-state index is 12.4. The average Bonchev–Trinajstić information content (AvgIpc) is 3.11. The van der Waals surface area contributed by atoms with Gasteiger partial charge in [0.2, 0.25) is 5.91 Å². The van der Waals surface area contributed by atoms with Crippen molar-refractivity contribution in [2.75, 3.05) is 26.2 Å². The minimum Gasteiger partial charge on any atom is -0.348 e. The molecule has 0 radical (unpaired) electrons. The second kappa shape index (κ2) is 9.15. The van der Waals surface area contributed by atoms with Crippen LogP contribution in [0.25, 0.3) is 0 Å². The number of amides is 1. The van der Waals surface area contributed by atoms with Gasteiger partial charge in [-0.05, 0) is 26.3 Å². The highest BCUT2D eigenvalue weighted by Gasteiger charge is 2.26. The fourth-order valence-corrected chi connectivity index (χ4v) is 3.73. The minimum absolute atomic E-state index is 0.0327. The van der Waals surface area contributed by atoms with Crippen molar-refractivity contribution in [1.82, 2.24) is 24.7 Å². The van der Waals surface area contributed by atoms with E-state index < -0.39 is 0 Å². The van der Waals surface area contributed by atoms with E-state index in [-0.39, 0.29) is 11.9 Å². The van der Waals surface area contributed by atoms with E-state index in [0.717, 1.165) is 44.1 Å². The van der Waals surface area contributed by atoms with E-state index in [2.05, 4.69) is 38.5 Å². The van der Waals surface area contributed by atoms with Crippen LogP contribution in [0, 0.1) is 0 Å².